The molecule has 2 heteroatoms. The first kappa shape index (κ1) is 12.2. The van der Waals surface area contributed by atoms with Gasteiger partial charge in [0.2, 0.25) is 0 Å². The van der Waals surface area contributed by atoms with Gasteiger partial charge in [0.15, 0.2) is 5.82 Å². The second-order valence-corrected chi connectivity index (χ2v) is 5.33. The van der Waals surface area contributed by atoms with Crippen LogP contribution in [0.5, 0.6) is 0 Å². The lowest BCUT2D eigenvalue weighted by molar-refractivity contribution is 0.643. The van der Waals surface area contributed by atoms with Crippen LogP contribution in [0.3, 0.4) is 0 Å². The fourth-order valence-corrected chi connectivity index (χ4v) is 3.00. The van der Waals surface area contributed by atoms with Crippen molar-refractivity contribution >= 4 is 16.3 Å². The van der Waals surface area contributed by atoms with Gasteiger partial charge in [-0.1, -0.05) is 42.5 Å². The van der Waals surface area contributed by atoms with E-state index >= 15 is 0 Å². The van der Waals surface area contributed by atoms with Crippen molar-refractivity contribution in [3.8, 4) is 11.1 Å². The molecule has 2 heterocycles. The highest BCUT2D eigenvalue weighted by Crippen LogP contribution is 2.35. The lowest BCUT2D eigenvalue weighted by atomic mass is 9.95. The Hall–Kier alpha value is -2.61. The van der Waals surface area contributed by atoms with Gasteiger partial charge in [-0.3, -0.25) is 0 Å². The molecule has 0 radical (unpaired) electrons. The zero-order chi connectivity index (χ0) is 14.4. The molecule has 2 aromatic heterocycles. The molecule has 4 aromatic rings. The molecule has 0 saturated carbocycles. The van der Waals surface area contributed by atoms with E-state index in [2.05, 4.69) is 24.3 Å². The molecule has 0 aliphatic rings. The van der Waals surface area contributed by atoms with Gasteiger partial charge in [0, 0.05) is 18.0 Å². The Balaban J connectivity index is 2.13. The van der Waals surface area contributed by atoms with Gasteiger partial charge in [-0.2, -0.15) is 0 Å². The molecule has 0 saturated heterocycles. The molecule has 0 aliphatic heterocycles. The van der Waals surface area contributed by atoms with Gasteiger partial charge < -0.3 is 4.40 Å². The van der Waals surface area contributed by atoms with Crippen LogP contribution < -0.4 is 0 Å². The summed E-state index contributed by atoms with van der Waals surface area (Å²) in [4.78, 5) is 0. The molecule has 4 rings (SSSR count). The Morgan fingerprint density at radius 2 is 1.71 bits per heavy atom. The van der Waals surface area contributed by atoms with Crippen LogP contribution in [0.4, 0.5) is 4.39 Å². The highest BCUT2D eigenvalue weighted by atomic mass is 19.1. The second-order valence-electron chi connectivity index (χ2n) is 5.33. The molecule has 21 heavy (non-hydrogen) atoms. The predicted octanol–water partition coefficient (Wildman–Crippen LogP) is 5.21. The fourth-order valence-electron chi connectivity index (χ4n) is 3.00. The number of nitrogens with zero attached hydrogens (tertiary/aromatic N) is 1. The molecule has 0 spiro atoms. The zero-order valence-corrected chi connectivity index (χ0v) is 11.7. The molecule has 2 aromatic carbocycles. The van der Waals surface area contributed by atoms with Crippen LogP contribution in [0.15, 0.2) is 67.0 Å². The minimum Gasteiger partial charge on any atom is -0.321 e. The van der Waals surface area contributed by atoms with E-state index in [1.807, 2.05) is 48.0 Å². The summed E-state index contributed by atoms with van der Waals surface area (Å²) >= 11 is 0. The number of halogens is 1. The highest BCUT2D eigenvalue weighted by Gasteiger charge is 2.15. The van der Waals surface area contributed by atoms with Gasteiger partial charge in [-0.25, -0.2) is 4.39 Å². The summed E-state index contributed by atoms with van der Waals surface area (Å²) in [7, 11) is 0. The van der Waals surface area contributed by atoms with Crippen molar-refractivity contribution < 1.29 is 4.39 Å². The molecule has 102 valence electrons. The van der Waals surface area contributed by atoms with Crippen molar-refractivity contribution in [2.75, 3.05) is 0 Å². The zero-order valence-electron chi connectivity index (χ0n) is 11.7. The second kappa shape index (κ2) is 4.45. The lowest BCUT2D eigenvalue weighted by Crippen LogP contribution is -1.86. The monoisotopic (exact) mass is 275 g/mol. The number of hydrogen-bond acceptors (Lipinski definition) is 0. The fraction of sp³-hybridized carbons (Fsp3) is 0.0526. The Morgan fingerprint density at radius 1 is 0.905 bits per heavy atom. The molecule has 0 aliphatic carbocycles. The van der Waals surface area contributed by atoms with Crippen LogP contribution in [0, 0.1) is 12.7 Å². The van der Waals surface area contributed by atoms with Gasteiger partial charge in [-0.05, 0) is 41.0 Å². The van der Waals surface area contributed by atoms with E-state index in [1.165, 1.54) is 0 Å². The molecule has 0 amide bonds. The molecule has 0 unspecified atom stereocenters. The summed E-state index contributed by atoms with van der Waals surface area (Å²) in [6.45, 7) is 2.03. The molecule has 0 atom stereocenters. The maximum Gasteiger partial charge on any atom is 0.156 e. The first-order valence-corrected chi connectivity index (χ1v) is 6.99. The van der Waals surface area contributed by atoms with Gasteiger partial charge in [0.1, 0.15) is 0 Å². The first-order chi connectivity index (χ1) is 10.3. The number of pyridine rings is 1. The average Bonchev–Trinajstić information content (AvgIpc) is 2.84. The van der Waals surface area contributed by atoms with Crippen LogP contribution in [-0.4, -0.2) is 4.40 Å². The Kier molecular flexibility index (Phi) is 2.58. The van der Waals surface area contributed by atoms with Crippen LogP contribution >= 0.6 is 0 Å². The largest absolute Gasteiger partial charge is 0.321 e. The van der Waals surface area contributed by atoms with E-state index in [0.29, 0.717) is 11.1 Å². The number of fused-ring (bicyclic) bond motifs is 2. The molecule has 0 bridgehead atoms. The van der Waals surface area contributed by atoms with E-state index < -0.39 is 0 Å². The van der Waals surface area contributed by atoms with Crippen molar-refractivity contribution in [3.05, 3.63) is 78.4 Å². The van der Waals surface area contributed by atoms with Crippen molar-refractivity contribution in [2.24, 2.45) is 0 Å². The first-order valence-electron chi connectivity index (χ1n) is 6.99. The Labute approximate surface area is 122 Å². The normalized spacial score (nSPS) is 11.3. The van der Waals surface area contributed by atoms with Crippen LogP contribution in [0.1, 0.15) is 5.56 Å². The molecule has 1 nitrogen and oxygen atoms in total. The topological polar surface area (TPSA) is 4.41 Å². The summed E-state index contributed by atoms with van der Waals surface area (Å²) in [6.07, 6.45) is 3.75. The van der Waals surface area contributed by atoms with E-state index in [1.54, 1.807) is 6.07 Å². The SMILES string of the molecule is Cc1ccc2ccccc2c1-c1cn2ccccc2c1F. The number of aryl methyl sites for hydroxylation is 1. The number of rotatable bonds is 1. The summed E-state index contributed by atoms with van der Waals surface area (Å²) in [5, 5.41) is 2.22. The van der Waals surface area contributed by atoms with E-state index in [4.69, 9.17) is 0 Å². The maximum atomic E-state index is 14.8. The predicted molar refractivity (Wildman–Crippen MR) is 85.0 cm³/mol. The third-order valence-corrected chi connectivity index (χ3v) is 4.03. The maximum absolute atomic E-state index is 14.8. The third kappa shape index (κ3) is 1.76. The van der Waals surface area contributed by atoms with Crippen molar-refractivity contribution in [1.82, 2.24) is 4.40 Å². The van der Waals surface area contributed by atoms with Crippen LogP contribution in [-0.2, 0) is 0 Å². The molecular weight excluding hydrogens is 261 g/mol. The van der Waals surface area contributed by atoms with Gasteiger partial charge >= 0.3 is 0 Å². The smallest absolute Gasteiger partial charge is 0.156 e. The average molecular weight is 275 g/mol. The van der Waals surface area contributed by atoms with Crippen LogP contribution in [0.2, 0.25) is 0 Å². The van der Waals surface area contributed by atoms with Crippen molar-refractivity contribution in [1.29, 1.82) is 0 Å². The number of hydrogen-bond donors (Lipinski definition) is 0. The van der Waals surface area contributed by atoms with Gasteiger partial charge in [0.25, 0.3) is 0 Å². The number of aromatic nitrogens is 1. The standard InChI is InChI=1S/C19H14FN/c1-13-9-10-14-6-2-3-7-15(14)18(13)16-12-21-11-5-4-8-17(21)19(16)20/h2-12H,1H3. The minimum absolute atomic E-state index is 0.157. The van der Waals surface area contributed by atoms with Crippen molar-refractivity contribution in [3.63, 3.8) is 0 Å². The summed E-state index contributed by atoms with van der Waals surface area (Å²) < 4.78 is 16.6. The summed E-state index contributed by atoms with van der Waals surface area (Å²) in [6, 6.07) is 17.8. The molecular formula is C19H14FN. The lowest BCUT2D eigenvalue weighted by Gasteiger charge is -2.09. The molecule has 0 fully saturated rings. The van der Waals surface area contributed by atoms with Gasteiger partial charge in [-0.15, -0.1) is 0 Å². The van der Waals surface area contributed by atoms with E-state index in [-0.39, 0.29) is 5.82 Å². The van der Waals surface area contributed by atoms with E-state index in [0.717, 1.165) is 21.9 Å². The minimum atomic E-state index is -0.157. The summed E-state index contributed by atoms with van der Waals surface area (Å²) in [5.74, 6) is -0.157. The third-order valence-electron chi connectivity index (χ3n) is 4.03. The molecule has 0 N–H and O–H groups in total. The van der Waals surface area contributed by atoms with Crippen LogP contribution in [0.25, 0.3) is 27.4 Å². The highest BCUT2D eigenvalue weighted by molar-refractivity contribution is 5.99. The van der Waals surface area contributed by atoms with E-state index in [9.17, 15) is 4.39 Å². The quantitative estimate of drug-likeness (QED) is 0.449. The summed E-state index contributed by atoms with van der Waals surface area (Å²) in [5.41, 5.74) is 3.34. The Bertz CT molecular complexity index is 966. The van der Waals surface area contributed by atoms with Crippen molar-refractivity contribution in [2.45, 2.75) is 6.92 Å². The van der Waals surface area contributed by atoms with Gasteiger partial charge in [0.05, 0.1) is 5.52 Å². The Morgan fingerprint density at radius 3 is 2.57 bits per heavy atom. The number of benzene rings is 2.